The van der Waals surface area contributed by atoms with Crippen molar-refractivity contribution in [3.63, 3.8) is 0 Å². The van der Waals surface area contributed by atoms with Gasteiger partial charge in [-0.25, -0.2) is 13.1 Å². The second kappa shape index (κ2) is 7.47. The number of thioether (sulfide) groups is 1. The highest BCUT2D eigenvalue weighted by Gasteiger charge is 2.26. The fraction of sp³-hybridized carbons (Fsp3) is 0.643. The number of anilines is 1. The van der Waals surface area contributed by atoms with E-state index in [1.807, 2.05) is 18.7 Å². The molecular formula is C14H23N3O2S2. The van der Waals surface area contributed by atoms with Gasteiger partial charge in [0, 0.05) is 30.2 Å². The molecule has 1 fully saturated rings. The maximum atomic E-state index is 12.6. The zero-order valence-electron chi connectivity index (χ0n) is 12.5. The highest BCUT2D eigenvalue weighted by molar-refractivity contribution is 7.99. The van der Waals surface area contributed by atoms with Crippen LogP contribution in [0.2, 0.25) is 0 Å². The van der Waals surface area contributed by atoms with Gasteiger partial charge in [-0.3, -0.25) is 4.98 Å². The summed E-state index contributed by atoms with van der Waals surface area (Å²) >= 11 is 1.87. The van der Waals surface area contributed by atoms with Gasteiger partial charge in [0.1, 0.15) is 4.90 Å². The average Bonchev–Trinajstić information content (AvgIpc) is 2.48. The summed E-state index contributed by atoms with van der Waals surface area (Å²) in [5.41, 5.74) is 0.609. The van der Waals surface area contributed by atoms with E-state index in [0.717, 1.165) is 25.7 Å². The van der Waals surface area contributed by atoms with Crippen molar-refractivity contribution in [1.29, 1.82) is 0 Å². The number of hydrogen-bond donors (Lipinski definition) is 2. The Bertz CT molecular complexity index is 555. The van der Waals surface area contributed by atoms with Crippen molar-refractivity contribution in [2.45, 2.75) is 48.8 Å². The number of sulfonamides is 1. The molecule has 0 unspecified atom stereocenters. The lowest BCUT2D eigenvalue weighted by Crippen LogP contribution is -2.38. The third kappa shape index (κ3) is 4.34. The highest BCUT2D eigenvalue weighted by atomic mass is 32.2. The highest BCUT2D eigenvalue weighted by Crippen LogP contribution is 2.28. The first-order valence-corrected chi connectivity index (χ1v) is 10.1. The number of nitrogens with one attached hydrogen (secondary N) is 2. The van der Waals surface area contributed by atoms with Gasteiger partial charge in [0.15, 0.2) is 0 Å². The fourth-order valence-corrected chi connectivity index (χ4v) is 4.80. The molecule has 2 N–H and O–H groups in total. The lowest BCUT2D eigenvalue weighted by molar-refractivity contribution is 0.420. The number of rotatable bonds is 6. The molecule has 1 aliphatic rings. The predicted molar refractivity (Wildman–Crippen MR) is 88.3 cm³/mol. The standard InChI is InChI=1S/C14H23N3O2S2/c1-3-16-13-8-9-15-10-14(13)21(18,19)17-11-4-6-12(20-2)7-5-11/h8-12,17H,3-7H2,1-2H3,(H,15,16). The largest absolute Gasteiger partial charge is 0.384 e. The molecule has 0 aromatic carbocycles. The van der Waals surface area contributed by atoms with Crippen LogP contribution in [-0.4, -0.2) is 37.5 Å². The molecule has 0 amide bonds. The van der Waals surface area contributed by atoms with Crippen LogP contribution in [0.15, 0.2) is 23.4 Å². The van der Waals surface area contributed by atoms with Crippen LogP contribution in [-0.2, 0) is 10.0 Å². The number of pyridine rings is 1. The number of hydrogen-bond acceptors (Lipinski definition) is 5. The summed E-state index contributed by atoms with van der Waals surface area (Å²) in [4.78, 5) is 4.18. The molecule has 1 aromatic rings. The van der Waals surface area contributed by atoms with Crippen LogP contribution >= 0.6 is 11.8 Å². The molecule has 1 saturated carbocycles. The lowest BCUT2D eigenvalue weighted by Gasteiger charge is -2.28. The van der Waals surface area contributed by atoms with Gasteiger partial charge in [-0.05, 0) is 44.9 Å². The predicted octanol–water partition coefficient (Wildman–Crippen LogP) is 2.47. The van der Waals surface area contributed by atoms with Crippen LogP contribution in [0.25, 0.3) is 0 Å². The van der Waals surface area contributed by atoms with E-state index in [4.69, 9.17) is 0 Å². The Morgan fingerprint density at radius 2 is 2.05 bits per heavy atom. The molecule has 0 atom stereocenters. The van der Waals surface area contributed by atoms with Crippen LogP contribution in [0.3, 0.4) is 0 Å². The van der Waals surface area contributed by atoms with Crippen molar-refractivity contribution >= 4 is 27.5 Å². The topological polar surface area (TPSA) is 71.1 Å². The zero-order chi connectivity index (χ0) is 15.3. The third-order valence-electron chi connectivity index (χ3n) is 3.77. The monoisotopic (exact) mass is 329 g/mol. The van der Waals surface area contributed by atoms with E-state index in [2.05, 4.69) is 21.3 Å². The number of nitrogens with zero attached hydrogens (tertiary/aromatic N) is 1. The maximum absolute atomic E-state index is 12.6. The molecular weight excluding hydrogens is 306 g/mol. The molecule has 0 aliphatic heterocycles. The molecule has 118 valence electrons. The van der Waals surface area contributed by atoms with Gasteiger partial charge in [0.05, 0.1) is 5.69 Å². The normalized spacial score (nSPS) is 23.0. The molecule has 1 aliphatic carbocycles. The molecule has 7 heteroatoms. The Kier molecular flexibility index (Phi) is 5.89. The van der Waals surface area contributed by atoms with Gasteiger partial charge < -0.3 is 5.32 Å². The fourth-order valence-electron chi connectivity index (χ4n) is 2.63. The Morgan fingerprint density at radius 1 is 1.33 bits per heavy atom. The minimum Gasteiger partial charge on any atom is -0.384 e. The summed E-state index contributed by atoms with van der Waals surface area (Å²) in [6.45, 7) is 2.61. The first-order valence-electron chi connectivity index (χ1n) is 7.29. The molecule has 0 radical (unpaired) electrons. The van der Waals surface area contributed by atoms with Crippen molar-refractivity contribution in [3.05, 3.63) is 18.5 Å². The van der Waals surface area contributed by atoms with E-state index in [9.17, 15) is 8.42 Å². The Balaban J connectivity index is 2.09. The van der Waals surface area contributed by atoms with Gasteiger partial charge in [0.2, 0.25) is 10.0 Å². The van der Waals surface area contributed by atoms with Crippen molar-refractivity contribution in [2.75, 3.05) is 18.1 Å². The van der Waals surface area contributed by atoms with Crippen LogP contribution in [0.5, 0.6) is 0 Å². The molecule has 1 heterocycles. The molecule has 21 heavy (non-hydrogen) atoms. The Labute approximate surface area is 131 Å². The maximum Gasteiger partial charge on any atom is 0.244 e. The third-order valence-corrected chi connectivity index (χ3v) is 6.46. The van der Waals surface area contributed by atoms with Gasteiger partial charge in [-0.1, -0.05) is 0 Å². The zero-order valence-corrected chi connectivity index (χ0v) is 14.1. The molecule has 5 nitrogen and oxygen atoms in total. The van der Waals surface area contributed by atoms with E-state index in [1.165, 1.54) is 6.20 Å². The van der Waals surface area contributed by atoms with Crippen LogP contribution in [0, 0.1) is 0 Å². The van der Waals surface area contributed by atoms with Crippen LogP contribution in [0.1, 0.15) is 32.6 Å². The van der Waals surface area contributed by atoms with E-state index in [-0.39, 0.29) is 10.9 Å². The summed E-state index contributed by atoms with van der Waals surface area (Å²) in [6, 6.07) is 1.73. The molecule has 0 saturated heterocycles. The van der Waals surface area contributed by atoms with Crippen molar-refractivity contribution < 1.29 is 8.42 Å². The summed E-state index contributed by atoms with van der Waals surface area (Å²) in [6.07, 6.45) is 9.08. The van der Waals surface area contributed by atoms with Gasteiger partial charge >= 0.3 is 0 Å². The first-order chi connectivity index (χ1) is 10.1. The van der Waals surface area contributed by atoms with E-state index in [1.54, 1.807) is 12.3 Å². The second-order valence-electron chi connectivity index (χ2n) is 5.23. The minimum atomic E-state index is -3.52. The molecule has 0 bridgehead atoms. The average molecular weight is 329 g/mol. The molecule has 1 aromatic heterocycles. The van der Waals surface area contributed by atoms with Crippen molar-refractivity contribution in [3.8, 4) is 0 Å². The van der Waals surface area contributed by atoms with Crippen molar-refractivity contribution in [1.82, 2.24) is 9.71 Å². The quantitative estimate of drug-likeness (QED) is 0.839. The van der Waals surface area contributed by atoms with Gasteiger partial charge in [0.25, 0.3) is 0 Å². The van der Waals surface area contributed by atoms with Crippen LogP contribution in [0.4, 0.5) is 5.69 Å². The van der Waals surface area contributed by atoms with Crippen LogP contribution < -0.4 is 10.0 Å². The van der Waals surface area contributed by atoms with Gasteiger partial charge in [-0.15, -0.1) is 0 Å². The minimum absolute atomic E-state index is 0.0353. The van der Waals surface area contributed by atoms with Crippen molar-refractivity contribution in [2.24, 2.45) is 0 Å². The van der Waals surface area contributed by atoms with E-state index >= 15 is 0 Å². The SMILES string of the molecule is CCNc1ccncc1S(=O)(=O)NC1CCC(SC)CC1. The molecule has 0 spiro atoms. The Morgan fingerprint density at radius 3 is 2.67 bits per heavy atom. The van der Waals surface area contributed by atoms with E-state index in [0.29, 0.717) is 17.5 Å². The number of aromatic nitrogens is 1. The summed E-state index contributed by atoms with van der Waals surface area (Å²) in [5.74, 6) is 0. The smallest absolute Gasteiger partial charge is 0.244 e. The summed E-state index contributed by atoms with van der Waals surface area (Å²) < 4.78 is 27.9. The second-order valence-corrected chi connectivity index (χ2v) is 8.05. The summed E-state index contributed by atoms with van der Waals surface area (Å²) in [5, 5.41) is 3.74. The summed E-state index contributed by atoms with van der Waals surface area (Å²) in [7, 11) is -3.52. The van der Waals surface area contributed by atoms with Gasteiger partial charge in [-0.2, -0.15) is 11.8 Å². The first kappa shape index (κ1) is 16.6. The van der Waals surface area contributed by atoms with E-state index < -0.39 is 10.0 Å². The molecule has 2 rings (SSSR count). The lowest BCUT2D eigenvalue weighted by atomic mass is 9.96. The Hall–Kier alpha value is -0.790.